The van der Waals surface area contributed by atoms with Crippen LogP contribution in [0.3, 0.4) is 0 Å². The Morgan fingerprint density at radius 2 is 1.17 bits per heavy atom. The Hall–Kier alpha value is -0.0862. The van der Waals surface area contributed by atoms with Gasteiger partial charge in [-0.2, -0.15) is 0 Å². The summed E-state index contributed by atoms with van der Waals surface area (Å²) in [7, 11) is 6.28. The fourth-order valence-electron chi connectivity index (χ4n) is 0. The van der Waals surface area contributed by atoms with E-state index in [1.54, 1.807) is 0 Å². The van der Waals surface area contributed by atoms with Gasteiger partial charge in [-0.1, -0.05) is 10.4 Å². The van der Waals surface area contributed by atoms with Gasteiger partial charge in [-0.05, 0) is 0 Å². The molecule has 6 radical (unpaired) electrons. The first kappa shape index (κ1) is 5.91. The van der Waals surface area contributed by atoms with E-state index in [4.69, 9.17) is 0 Å². The van der Waals surface area contributed by atoms with Crippen molar-refractivity contribution in [1.29, 1.82) is 0 Å². The lowest BCUT2D eigenvalue weighted by Gasteiger charge is -1.87. The lowest BCUT2D eigenvalue weighted by Crippen LogP contribution is -1.80. The normalized spacial score (nSPS) is 7.67. The summed E-state index contributed by atoms with van der Waals surface area (Å²) < 4.78 is 0. The Bertz CT molecular complexity index is 71.5. The first-order valence-corrected chi connectivity index (χ1v) is 2.46. The van der Waals surface area contributed by atoms with Gasteiger partial charge in [0.2, 0.25) is 0 Å². The van der Waals surface area contributed by atoms with Crippen LogP contribution in [-0.4, -0.2) is 20.5 Å². The van der Waals surface area contributed by atoms with E-state index in [9.17, 15) is 0 Å². The molecule has 0 rings (SSSR count). The first-order chi connectivity index (χ1) is 2.64. The van der Waals surface area contributed by atoms with E-state index in [1.807, 2.05) is 0 Å². The lowest BCUT2D eigenvalue weighted by molar-refractivity contribution is 1.94. The highest BCUT2D eigenvalue weighted by Gasteiger charge is 1.78. The van der Waals surface area contributed by atoms with Crippen molar-refractivity contribution in [3.63, 3.8) is 0 Å². The molecule has 0 unspecified atom stereocenters. The van der Waals surface area contributed by atoms with Crippen molar-refractivity contribution in [2.45, 2.75) is 0 Å². The number of hydrogen-bond donors (Lipinski definition) is 0. The maximum atomic E-state index is 3.52. The molecule has 0 atom stereocenters. The molecular weight excluding hydrogens is 104 g/mol. The molecule has 0 saturated heterocycles. The highest BCUT2D eigenvalue weighted by molar-refractivity contribution is 6.36. The number of allylic oxidation sites excluding steroid dienone is 2. The van der Waals surface area contributed by atoms with E-state index in [0.717, 1.165) is 10.4 Å². The van der Waals surface area contributed by atoms with Gasteiger partial charge < -0.3 is 0 Å². The Morgan fingerprint density at radius 1 is 1.00 bits per heavy atom. The number of hydrogen-bond acceptors (Lipinski definition) is 0. The van der Waals surface area contributed by atoms with Gasteiger partial charge in [-0.25, -0.2) is 0 Å². The van der Waals surface area contributed by atoms with Crippen molar-refractivity contribution in [2.75, 3.05) is 0 Å². The third-order valence-electron chi connectivity index (χ3n) is 0.364. The molecule has 0 aliphatic carbocycles. The summed E-state index contributed by atoms with van der Waals surface area (Å²) in [6, 6.07) is 0. The Morgan fingerprint density at radius 3 is 1.17 bits per heavy atom. The first-order valence-electron chi connectivity index (χ1n) is 1.46. The third-order valence-corrected chi connectivity index (χ3v) is 1.22. The Labute approximate surface area is 44.8 Å². The summed E-state index contributed by atoms with van der Waals surface area (Å²) in [5.41, 5.74) is 0. The van der Waals surface area contributed by atoms with Crippen LogP contribution in [-0.2, 0) is 0 Å². The summed E-state index contributed by atoms with van der Waals surface area (Å²) in [4.78, 5) is 0. The van der Waals surface area contributed by atoms with Crippen LogP contribution in [0.5, 0.6) is 0 Å². The highest BCUT2D eigenvalue weighted by atomic mass is 28.2. The zero-order chi connectivity index (χ0) is 5.15. The van der Waals surface area contributed by atoms with E-state index in [1.165, 1.54) is 0 Å². The predicted octanol–water partition coefficient (Wildman–Crippen LogP) is 0.351. The van der Waals surface area contributed by atoms with Crippen molar-refractivity contribution in [2.24, 2.45) is 0 Å². The Kier molecular flexibility index (Phi) is 2.12. The van der Waals surface area contributed by atoms with E-state index in [2.05, 4.69) is 33.6 Å². The molecule has 0 nitrogen and oxygen atoms in total. The number of rotatable bonds is 1. The molecule has 0 N–H and O–H groups in total. The van der Waals surface area contributed by atoms with Crippen LogP contribution in [0.1, 0.15) is 0 Å². The largest absolute Gasteiger partial charge is 0.101 e. The molecule has 0 bridgehead atoms. The van der Waals surface area contributed by atoms with Crippen molar-refractivity contribution in [3.05, 3.63) is 23.6 Å². The van der Waals surface area contributed by atoms with Crippen LogP contribution in [0.15, 0.2) is 23.6 Å². The summed E-state index contributed by atoms with van der Waals surface area (Å²) in [5, 5.41) is 1.57. The highest BCUT2D eigenvalue weighted by Crippen LogP contribution is 1.89. The molecule has 0 amide bonds. The molecule has 0 heterocycles. The second-order valence-corrected chi connectivity index (χ2v) is 2.16. The van der Waals surface area contributed by atoms with Crippen LogP contribution in [0.4, 0.5) is 0 Å². The molecule has 6 heavy (non-hydrogen) atoms. The zero-order valence-corrected chi connectivity index (χ0v) is 5.41. The SMILES string of the molecule is C=C([Si])C(=C)[Si]. The Balaban J connectivity index is 3.57. The fourth-order valence-corrected chi connectivity index (χ4v) is 0. The van der Waals surface area contributed by atoms with Gasteiger partial charge in [0.25, 0.3) is 0 Å². The fraction of sp³-hybridized carbons (Fsp3) is 0. The van der Waals surface area contributed by atoms with Crippen molar-refractivity contribution < 1.29 is 0 Å². The molecule has 0 saturated carbocycles. The molecule has 2 heteroatoms. The second-order valence-electron chi connectivity index (χ2n) is 0.957. The molecular formula is C4H4Si2. The van der Waals surface area contributed by atoms with Crippen molar-refractivity contribution >= 4 is 20.5 Å². The maximum Gasteiger partial charge on any atom is 0.0701 e. The van der Waals surface area contributed by atoms with Crippen LogP contribution < -0.4 is 0 Å². The summed E-state index contributed by atoms with van der Waals surface area (Å²) >= 11 is 0. The molecule has 0 aromatic heterocycles. The minimum Gasteiger partial charge on any atom is -0.101 e. The van der Waals surface area contributed by atoms with Crippen LogP contribution in [0, 0.1) is 0 Å². The van der Waals surface area contributed by atoms with E-state index in [-0.39, 0.29) is 0 Å². The molecule has 0 spiro atoms. The maximum absolute atomic E-state index is 3.52. The quantitative estimate of drug-likeness (QED) is 0.336. The standard InChI is InChI=1S/C4H4Si2/c1-3(5)4(2)6/h1-2H2. The molecule has 0 aliphatic heterocycles. The lowest BCUT2D eigenvalue weighted by atomic mass is 10.6. The van der Waals surface area contributed by atoms with Gasteiger partial charge in [-0.15, -0.1) is 13.2 Å². The topological polar surface area (TPSA) is 0 Å². The molecule has 0 fully saturated rings. The summed E-state index contributed by atoms with van der Waals surface area (Å²) in [6.07, 6.45) is 0. The van der Waals surface area contributed by atoms with Gasteiger partial charge in [0.1, 0.15) is 0 Å². The van der Waals surface area contributed by atoms with E-state index >= 15 is 0 Å². The van der Waals surface area contributed by atoms with Gasteiger partial charge in [0.05, 0.1) is 20.5 Å². The van der Waals surface area contributed by atoms with Gasteiger partial charge in [0.15, 0.2) is 0 Å². The average molecular weight is 108 g/mol. The second kappa shape index (κ2) is 2.15. The van der Waals surface area contributed by atoms with Crippen molar-refractivity contribution in [1.82, 2.24) is 0 Å². The molecule has 0 aromatic rings. The van der Waals surface area contributed by atoms with Crippen LogP contribution >= 0.6 is 0 Å². The minimum atomic E-state index is 0.784. The average Bonchev–Trinajstić information content (AvgIpc) is 1.36. The van der Waals surface area contributed by atoms with Crippen LogP contribution in [0.2, 0.25) is 0 Å². The van der Waals surface area contributed by atoms with Crippen molar-refractivity contribution in [3.8, 4) is 0 Å². The smallest absolute Gasteiger partial charge is 0.0701 e. The van der Waals surface area contributed by atoms with E-state index in [0.29, 0.717) is 0 Å². The van der Waals surface area contributed by atoms with Crippen LogP contribution in [0.25, 0.3) is 0 Å². The summed E-state index contributed by atoms with van der Waals surface area (Å²) in [5.74, 6) is 0. The predicted molar refractivity (Wildman–Crippen MR) is 29.8 cm³/mol. The molecule has 28 valence electrons. The van der Waals surface area contributed by atoms with E-state index < -0.39 is 0 Å². The third kappa shape index (κ3) is 2.17. The molecule has 0 aromatic carbocycles. The molecule has 0 aliphatic rings. The minimum absolute atomic E-state index is 0.784. The van der Waals surface area contributed by atoms with Gasteiger partial charge in [0, 0.05) is 0 Å². The van der Waals surface area contributed by atoms with Gasteiger partial charge in [-0.3, -0.25) is 0 Å². The van der Waals surface area contributed by atoms with Gasteiger partial charge >= 0.3 is 0 Å². The monoisotopic (exact) mass is 108 g/mol. The zero-order valence-electron chi connectivity index (χ0n) is 3.41. The summed E-state index contributed by atoms with van der Waals surface area (Å²) in [6.45, 7) is 7.04.